The summed E-state index contributed by atoms with van der Waals surface area (Å²) < 4.78 is 28.8. The van der Waals surface area contributed by atoms with Crippen LogP contribution in [0.15, 0.2) is 54.6 Å². The highest BCUT2D eigenvalue weighted by Gasteiger charge is 2.21. The molecule has 3 rings (SSSR count). The second-order valence-corrected chi connectivity index (χ2v) is 7.70. The molecule has 1 unspecified atom stereocenters. The van der Waals surface area contributed by atoms with Crippen LogP contribution >= 0.6 is 0 Å². The summed E-state index contributed by atoms with van der Waals surface area (Å²) in [6, 6.07) is 12.4. The number of benzene rings is 2. The molecule has 1 aliphatic carbocycles. The second-order valence-electron chi connectivity index (χ2n) is 7.70. The van der Waals surface area contributed by atoms with E-state index in [9.17, 15) is 8.78 Å². The van der Waals surface area contributed by atoms with Crippen LogP contribution in [0.1, 0.15) is 74.1 Å². The molecule has 0 bridgehead atoms. The molecule has 0 amide bonds. The third kappa shape index (κ3) is 4.79. The Kier molecular flexibility index (Phi) is 7.19. The number of halogens is 2. The van der Waals surface area contributed by atoms with Gasteiger partial charge >= 0.3 is 0 Å². The van der Waals surface area contributed by atoms with Crippen LogP contribution in [0.2, 0.25) is 0 Å². The maximum Gasteiger partial charge on any atom is 0.166 e. The Morgan fingerprint density at radius 3 is 2.43 bits per heavy atom. The molecule has 148 valence electrons. The molecule has 0 nitrogen and oxygen atoms in total. The molecule has 0 heterocycles. The molecule has 0 saturated heterocycles. The first-order chi connectivity index (χ1) is 13.6. The van der Waals surface area contributed by atoms with Crippen molar-refractivity contribution in [2.75, 3.05) is 0 Å². The van der Waals surface area contributed by atoms with Crippen LogP contribution in [-0.2, 0) is 12.8 Å². The highest BCUT2D eigenvalue weighted by atomic mass is 19.2. The summed E-state index contributed by atoms with van der Waals surface area (Å²) in [5, 5.41) is 0. The fourth-order valence-electron chi connectivity index (χ4n) is 4.05. The van der Waals surface area contributed by atoms with Crippen molar-refractivity contribution in [2.24, 2.45) is 0 Å². The maximum atomic E-state index is 14.5. The molecule has 0 spiro atoms. The summed E-state index contributed by atoms with van der Waals surface area (Å²) in [6.07, 6.45) is 12.6. The Morgan fingerprint density at radius 2 is 1.79 bits per heavy atom. The average molecular weight is 381 g/mol. The zero-order valence-electron chi connectivity index (χ0n) is 17.0. The fraction of sp³-hybridized carbons (Fsp3) is 0.385. The number of hydrogen-bond acceptors (Lipinski definition) is 0. The summed E-state index contributed by atoms with van der Waals surface area (Å²) in [5.74, 6) is -0.891. The quantitative estimate of drug-likeness (QED) is 0.430. The van der Waals surface area contributed by atoms with E-state index in [1.165, 1.54) is 11.1 Å². The van der Waals surface area contributed by atoms with E-state index in [0.717, 1.165) is 44.1 Å². The van der Waals surface area contributed by atoms with Crippen LogP contribution < -0.4 is 0 Å². The standard InChI is InChI=1S/C26H30F2/c1-3-5-6-8-19-9-11-20(12-10-19)21-13-15-22(16-14-21)24-18-17-23(7-4-2)25(27)26(24)28/h3,5,9-12,15,17-18,21H,4,6-8,13-14,16H2,1-2H3/b5-3+. The van der Waals surface area contributed by atoms with Crippen molar-refractivity contribution in [3.63, 3.8) is 0 Å². The van der Waals surface area contributed by atoms with Gasteiger partial charge < -0.3 is 0 Å². The molecular formula is C26H30F2. The van der Waals surface area contributed by atoms with E-state index in [-0.39, 0.29) is 0 Å². The van der Waals surface area contributed by atoms with E-state index >= 15 is 0 Å². The van der Waals surface area contributed by atoms with E-state index < -0.39 is 11.6 Å². The van der Waals surface area contributed by atoms with E-state index in [4.69, 9.17) is 0 Å². The Morgan fingerprint density at radius 1 is 1.00 bits per heavy atom. The predicted octanol–water partition coefficient (Wildman–Crippen LogP) is 7.78. The summed E-state index contributed by atoms with van der Waals surface area (Å²) in [5.41, 5.74) is 4.56. The van der Waals surface area contributed by atoms with Crippen molar-refractivity contribution in [1.29, 1.82) is 0 Å². The van der Waals surface area contributed by atoms with Crippen molar-refractivity contribution in [3.8, 4) is 0 Å². The van der Waals surface area contributed by atoms with E-state index in [2.05, 4.69) is 42.5 Å². The molecule has 0 saturated carbocycles. The van der Waals surface area contributed by atoms with Gasteiger partial charge in [-0.1, -0.05) is 68.0 Å². The fourth-order valence-corrected chi connectivity index (χ4v) is 4.05. The Hall–Kier alpha value is -2.22. The Balaban J connectivity index is 1.68. The number of rotatable bonds is 7. The molecule has 0 N–H and O–H groups in total. The van der Waals surface area contributed by atoms with Gasteiger partial charge in [0.05, 0.1) is 0 Å². The van der Waals surface area contributed by atoms with Crippen molar-refractivity contribution in [2.45, 2.75) is 64.7 Å². The normalized spacial score (nSPS) is 17.1. The van der Waals surface area contributed by atoms with Gasteiger partial charge in [-0.05, 0) is 73.6 Å². The zero-order chi connectivity index (χ0) is 19.9. The third-order valence-electron chi connectivity index (χ3n) is 5.72. The highest BCUT2D eigenvalue weighted by molar-refractivity contribution is 5.67. The van der Waals surface area contributed by atoms with Crippen LogP contribution in [0.25, 0.3) is 5.57 Å². The minimum absolute atomic E-state index is 0.440. The molecule has 2 heteroatoms. The van der Waals surface area contributed by atoms with Crippen LogP contribution in [0.3, 0.4) is 0 Å². The van der Waals surface area contributed by atoms with Gasteiger partial charge in [-0.2, -0.15) is 0 Å². The van der Waals surface area contributed by atoms with Gasteiger partial charge in [0.15, 0.2) is 11.6 Å². The summed E-state index contributed by atoms with van der Waals surface area (Å²) in [6.45, 7) is 4.03. The van der Waals surface area contributed by atoms with Crippen LogP contribution in [0.4, 0.5) is 8.78 Å². The minimum Gasteiger partial charge on any atom is -0.203 e. The minimum atomic E-state index is -0.680. The topological polar surface area (TPSA) is 0 Å². The Labute approximate surface area is 168 Å². The molecule has 1 atom stereocenters. The Bertz CT molecular complexity index is 843. The van der Waals surface area contributed by atoms with Gasteiger partial charge in [0, 0.05) is 5.56 Å². The van der Waals surface area contributed by atoms with Gasteiger partial charge in [-0.3, -0.25) is 0 Å². The lowest BCUT2D eigenvalue weighted by atomic mass is 9.82. The molecule has 28 heavy (non-hydrogen) atoms. The average Bonchev–Trinajstić information content (AvgIpc) is 2.73. The molecule has 0 radical (unpaired) electrons. The number of aryl methyl sites for hydroxylation is 2. The monoisotopic (exact) mass is 380 g/mol. The maximum absolute atomic E-state index is 14.5. The van der Waals surface area contributed by atoms with Gasteiger partial charge in [0.25, 0.3) is 0 Å². The lowest BCUT2D eigenvalue weighted by Crippen LogP contribution is -2.06. The molecule has 2 aromatic carbocycles. The first-order valence-corrected chi connectivity index (χ1v) is 10.5. The van der Waals surface area contributed by atoms with Gasteiger partial charge in [-0.25, -0.2) is 8.78 Å². The molecular weight excluding hydrogens is 350 g/mol. The summed E-state index contributed by atoms with van der Waals surface area (Å²) in [4.78, 5) is 0. The lowest BCUT2D eigenvalue weighted by Gasteiger charge is -2.23. The zero-order valence-corrected chi connectivity index (χ0v) is 17.0. The summed E-state index contributed by atoms with van der Waals surface area (Å²) >= 11 is 0. The first-order valence-electron chi connectivity index (χ1n) is 10.5. The van der Waals surface area contributed by atoms with E-state index in [0.29, 0.717) is 23.5 Å². The highest BCUT2D eigenvalue weighted by Crippen LogP contribution is 2.37. The predicted molar refractivity (Wildman–Crippen MR) is 114 cm³/mol. The molecule has 1 aliphatic rings. The van der Waals surface area contributed by atoms with Gasteiger partial charge in [-0.15, -0.1) is 0 Å². The molecule has 0 aliphatic heterocycles. The smallest absolute Gasteiger partial charge is 0.166 e. The van der Waals surface area contributed by atoms with Gasteiger partial charge in [0.2, 0.25) is 0 Å². The van der Waals surface area contributed by atoms with Crippen molar-refractivity contribution in [3.05, 3.63) is 88.5 Å². The van der Waals surface area contributed by atoms with E-state index in [1.54, 1.807) is 12.1 Å². The van der Waals surface area contributed by atoms with Crippen LogP contribution in [-0.4, -0.2) is 0 Å². The largest absolute Gasteiger partial charge is 0.203 e. The van der Waals surface area contributed by atoms with Crippen molar-refractivity contribution < 1.29 is 8.78 Å². The summed E-state index contributed by atoms with van der Waals surface area (Å²) in [7, 11) is 0. The second kappa shape index (κ2) is 9.82. The van der Waals surface area contributed by atoms with Gasteiger partial charge in [0.1, 0.15) is 0 Å². The third-order valence-corrected chi connectivity index (χ3v) is 5.72. The SMILES string of the molecule is C/C=C/CCc1ccc(C2CC=C(c3ccc(CCC)c(F)c3F)CC2)cc1. The van der Waals surface area contributed by atoms with Crippen LogP contribution in [0, 0.1) is 11.6 Å². The van der Waals surface area contributed by atoms with Crippen molar-refractivity contribution in [1.82, 2.24) is 0 Å². The van der Waals surface area contributed by atoms with E-state index in [1.807, 2.05) is 13.8 Å². The first kappa shape index (κ1) is 20.5. The number of allylic oxidation sites excluding steroid dienone is 4. The number of hydrogen-bond donors (Lipinski definition) is 0. The molecule has 0 fully saturated rings. The van der Waals surface area contributed by atoms with Crippen molar-refractivity contribution >= 4 is 5.57 Å². The lowest BCUT2D eigenvalue weighted by molar-refractivity contribution is 0.494. The molecule has 2 aromatic rings. The molecule has 0 aromatic heterocycles. The van der Waals surface area contributed by atoms with Crippen LogP contribution in [0.5, 0.6) is 0 Å².